The quantitative estimate of drug-likeness (QED) is 0.837. The SMILES string of the molecule is CC1(C)CC(C)(CNC(=O)Cc2cccc(NS(C)(=O)=O)c2)C1. The van der Waals surface area contributed by atoms with E-state index >= 15 is 0 Å². The van der Waals surface area contributed by atoms with Gasteiger partial charge in [-0.2, -0.15) is 0 Å². The van der Waals surface area contributed by atoms with Crippen LogP contribution in [-0.2, 0) is 21.2 Å². The lowest BCUT2D eigenvalue weighted by atomic mass is 9.55. The van der Waals surface area contributed by atoms with Crippen LogP contribution < -0.4 is 10.0 Å². The fraction of sp³-hybridized carbons (Fsp3) is 0.588. The Hall–Kier alpha value is -1.56. The van der Waals surface area contributed by atoms with Crippen molar-refractivity contribution in [3.05, 3.63) is 29.8 Å². The molecule has 2 N–H and O–H groups in total. The van der Waals surface area contributed by atoms with E-state index in [4.69, 9.17) is 0 Å². The molecule has 2 rings (SSSR count). The van der Waals surface area contributed by atoms with Gasteiger partial charge >= 0.3 is 0 Å². The maximum absolute atomic E-state index is 12.1. The van der Waals surface area contributed by atoms with Crippen LogP contribution in [0.15, 0.2) is 24.3 Å². The van der Waals surface area contributed by atoms with Crippen LogP contribution in [0.2, 0.25) is 0 Å². The highest BCUT2D eigenvalue weighted by atomic mass is 32.2. The fourth-order valence-corrected chi connectivity index (χ4v) is 4.46. The molecule has 0 spiro atoms. The van der Waals surface area contributed by atoms with Gasteiger partial charge in [0, 0.05) is 12.2 Å². The van der Waals surface area contributed by atoms with E-state index in [0.29, 0.717) is 17.6 Å². The summed E-state index contributed by atoms with van der Waals surface area (Å²) >= 11 is 0. The van der Waals surface area contributed by atoms with E-state index in [0.717, 1.165) is 24.7 Å². The molecule has 1 saturated carbocycles. The van der Waals surface area contributed by atoms with Crippen molar-refractivity contribution in [1.29, 1.82) is 0 Å². The number of carbonyl (C=O) groups excluding carboxylic acids is 1. The van der Waals surface area contributed by atoms with E-state index in [9.17, 15) is 13.2 Å². The molecule has 1 aliphatic carbocycles. The summed E-state index contributed by atoms with van der Waals surface area (Å²) in [5, 5.41) is 3.00. The molecule has 0 saturated heterocycles. The van der Waals surface area contributed by atoms with Gasteiger partial charge in [0.1, 0.15) is 0 Å². The highest BCUT2D eigenvalue weighted by Gasteiger charge is 2.45. The first-order valence-corrected chi connectivity index (χ1v) is 9.69. The third-order valence-corrected chi connectivity index (χ3v) is 4.72. The average molecular weight is 338 g/mol. The Labute approximate surface area is 138 Å². The second-order valence-corrected chi connectivity index (χ2v) is 9.60. The van der Waals surface area contributed by atoms with Crippen molar-refractivity contribution in [2.24, 2.45) is 10.8 Å². The minimum atomic E-state index is -3.31. The van der Waals surface area contributed by atoms with E-state index < -0.39 is 10.0 Å². The number of hydrogen-bond acceptors (Lipinski definition) is 3. The monoisotopic (exact) mass is 338 g/mol. The molecule has 6 heteroatoms. The third-order valence-electron chi connectivity index (χ3n) is 4.12. The van der Waals surface area contributed by atoms with Gasteiger partial charge in [0.15, 0.2) is 0 Å². The summed E-state index contributed by atoms with van der Waals surface area (Å²) in [5.74, 6) is -0.0348. The molecule has 1 aliphatic rings. The summed E-state index contributed by atoms with van der Waals surface area (Å²) in [4.78, 5) is 12.1. The van der Waals surface area contributed by atoms with Gasteiger partial charge in [-0.15, -0.1) is 0 Å². The molecule has 0 bridgehead atoms. The molecule has 0 heterocycles. The first-order valence-electron chi connectivity index (χ1n) is 7.80. The van der Waals surface area contributed by atoms with E-state index in [1.807, 2.05) is 6.07 Å². The highest BCUT2D eigenvalue weighted by molar-refractivity contribution is 7.92. The van der Waals surface area contributed by atoms with Crippen molar-refractivity contribution < 1.29 is 13.2 Å². The lowest BCUT2D eigenvalue weighted by Gasteiger charge is -2.51. The van der Waals surface area contributed by atoms with Gasteiger partial charge < -0.3 is 5.32 Å². The second-order valence-electron chi connectivity index (χ2n) is 7.86. The Morgan fingerprint density at radius 1 is 1.22 bits per heavy atom. The summed E-state index contributed by atoms with van der Waals surface area (Å²) in [6.45, 7) is 7.39. The van der Waals surface area contributed by atoms with E-state index in [-0.39, 0.29) is 17.7 Å². The molecule has 1 aromatic rings. The van der Waals surface area contributed by atoms with Crippen molar-refractivity contribution in [2.45, 2.75) is 40.0 Å². The Balaban J connectivity index is 1.87. The standard InChI is InChI=1S/C17H26N2O3S/c1-16(2)10-17(3,11-16)12-18-15(20)9-13-6-5-7-14(8-13)19-23(4,21)22/h5-8,19H,9-12H2,1-4H3,(H,18,20). The summed E-state index contributed by atoms with van der Waals surface area (Å²) in [6, 6.07) is 6.92. The lowest BCUT2D eigenvalue weighted by molar-refractivity contribution is -0.122. The van der Waals surface area contributed by atoms with Crippen LogP contribution in [0.25, 0.3) is 0 Å². The van der Waals surface area contributed by atoms with Gasteiger partial charge in [0.25, 0.3) is 0 Å². The first-order chi connectivity index (χ1) is 10.5. The number of sulfonamides is 1. The summed E-state index contributed by atoms with van der Waals surface area (Å²) in [5.41, 5.74) is 1.84. The number of rotatable bonds is 6. The van der Waals surface area contributed by atoms with Crippen molar-refractivity contribution >= 4 is 21.6 Å². The Kier molecular flexibility index (Phi) is 4.76. The molecule has 23 heavy (non-hydrogen) atoms. The zero-order chi connectivity index (χ0) is 17.3. The van der Waals surface area contributed by atoms with Gasteiger partial charge in [0.05, 0.1) is 12.7 Å². The van der Waals surface area contributed by atoms with Crippen molar-refractivity contribution in [3.8, 4) is 0 Å². The number of carbonyl (C=O) groups is 1. The minimum Gasteiger partial charge on any atom is -0.355 e. The average Bonchev–Trinajstić information content (AvgIpc) is 2.32. The molecule has 1 amide bonds. The van der Waals surface area contributed by atoms with Gasteiger partial charge in [0.2, 0.25) is 15.9 Å². The predicted molar refractivity (Wildman–Crippen MR) is 92.7 cm³/mol. The topological polar surface area (TPSA) is 75.3 Å². The molecule has 0 atom stereocenters. The fourth-order valence-electron chi connectivity index (χ4n) is 3.90. The molecule has 0 aliphatic heterocycles. The molecule has 5 nitrogen and oxygen atoms in total. The van der Waals surface area contributed by atoms with E-state index in [1.165, 1.54) is 0 Å². The number of amides is 1. The minimum absolute atomic E-state index is 0.0348. The molecule has 0 radical (unpaired) electrons. The van der Waals surface area contributed by atoms with Crippen molar-refractivity contribution in [1.82, 2.24) is 5.32 Å². The Bertz CT molecular complexity index is 688. The molecular weight excluding hydrogens is 312 g/mol. The first kappa shape index (κ1) is 17.8. The number of benzene rings is 1. The van der Waals surface area contributed by atoms with Crippen LogP contribution in [0.3, 0.4) is 0 Å². The summed E-state index contributed by atoms with van der Waals surface area (Å²) in [6.07, 6.45) is 3.59. The Morgan fingerprint density at radius 2 is 1.87 bits per heavy atom. The van der Waals surface area contributed by atoms with Crippen LogP contribution in [0.5, 0.6) is 0 Å². The van der Waals surface area contributed by atoms with Crippen LogP contribution >= 0.6 is 0 Å². The number of hydrogen-bond donors (Lipinski definition) is 2. The normalized spacial score (nSPS) is 18.8. The summed E-state index contributed by atoms with van der Waals surface area (Å²) < 4.78 is 24.9. The lowest BCUT2D eigenvalue weighted by Crippen LogP contribution is -2.48. The smallest absolute Gasteiger partial charge is 0.229 e. The zero-order valence-corrected chi connectivity index (χ0v) is 15.1. The van der Waals surface area contributed by atoms with E-state index in [1.54, 1.807) is 18.2 Å². The second kappa shape index (κ2) is 6.15. The van der Waals surface area contributed by atoms with Crippen molar-refractivity contribution in [3.63, 3.8) is 0 Å². The van der Waals surface area contributed by atoms with Crippen LogP contribution in [0, 0.1) is 10.8 Å². The van der Waals surface area contributed by atoms with Gasteiger partial charge in [-0.1, -0.05) is 32.9 Å². The van der Waals surface area contributed by atoms with Crippen molar-refractivity contribution in [2.75, 3.05) is 17.5 Å². The van der Waals surface area contributed by atoms with Gasteiger partial charge in [-0.3, -0.25) is 9.52 Å². The van der Waals surface area contributed by atoms with E-state index in [2.05, 4.69) is 30.8 Å². The van der Waals surface area contributed by atoms with Crippen LogP contribution in [-0.4, -0.2) is 27.1 Å². The number of nitrogens with one attached hydrogen (secondary N) is 2. The number of anilines is 1. The van der Waals surface area contributed by atoms with Gasteiger partial charge in [-0.05, 0) is 41.4 Å². The summed E-state index contributed by atoms with van der Waals surface area (Å²) in [7, 11) is -3.31. The molecule has 0 aromatic heterocycles. The third kappa shape index (κ3) is 5.53. The predicted octanol–water partition coefficient (Wildman–Crippen LogP) is 2.54. The molecule has 128 valence electrons. The van der Waals surface area contributed by atoms with Crippen LogP contribution in [0.4, 0.5) is 5.69 Å². The highest BCUT2D eigenvalue weighted by Crippen LogP contribution is 2.53. The van der Waals surface area contributed by atoms with Crippen LogP contribution in [0.1, 0.15) is 39.2 Å². The Morgan fingerprint density at radius 3 is 2.43 bits per heavy atom. The maximum atomic E-state index is 12.1. The molecule has 0 unspecified atom stereocenters. The largest absolute Gasteiger partial charge is 0.355 e. The maximum Gasteiger partial charge on any atom is 0.229 e. The molecular formula is C17H26N2O3S. The molecule has 1 fully saturated rings. The zero-order valence-electron chi connectivity index (χ0n) is 14.3. The van der Waals surface area contributed by atoms with Gasteiger partial charge in [-0.25, -0.2) is 8.42 Å². The molecule has 1 aromatic carbocycles.